The van der Waals surface area contributed by atoms with E-state index in [4.69, 9.17) is 11.6 Å². The third kappa shape index (κ3) is 6.58. The molecular formula is C25H34ClN5O. The Morgan fingerprint density at radius 2 is 1.62 bits per heavy atom. The summed E-state index contributed by atoms with van der Waals surface area (Å²) in [5.74, 6) is 1.70. The van der Waals surface area contributed by atoms with Gasteiger partial charge in [-0.3, -0.25) is 4.79 Å². The Kier molecular flexibility index (Phi) is 8.21. The molecule has 7 heteroatoms. The highest BCUT2D eigenvalue weighted by molar-refractivity contribution is 6.30. The van der Waals surface area contributed by atoms with Crippen molar-refractivity contribution in [1.82, 2.24) is 15.3 Å². The number of aromatic nitrogens is 2. The number of benzene rings is 1. The van der Waals surface area contributed by atoms with Crippen LogP contribution in [0.25, 0.3) is 0 Å². The van der Waals surface area contributed by atoms with E-state index in [2.05, 4.69) is 25.9 Å². The third-order valence-electron chi connectivity index (χ3n) is 6.62. The number of rotatable bonds is 8. The summed E-state index contributed by atoms with van der Waals surface area (Å²) in [7, 11) is 0. The van der Waals surface area contributed by atoms with Crippen molar-refractivity contribution in [2.45, 2.75) is 76.8 Å². The quantitative estimate of drug-likeness (QED) is 0.469. The molecule has 0 saturated heterocycles. The third-order valence-corrected chi connectivity index (χ3v) is 6.87. The molecule has 2 aliphatic carbocycles. The van der Waals surface area contributed by atoms with E-state index < -0.39 is 0 Å². The maximum absolute atomic E-state index is 13.0. The first-order valence-electron chi connectivity index (χ1n) is 12.1. The fourth-order valence-corrected chi connectivity index (χ4v) is 4.82. The summed E-state index contributed by atoms with van der Waals surface area (Å²) in [6, 6.07) is 7.95. The zero-order valence-electron chi connectivity index (χ0n) is 18.7. The molecule has 0 bridgehead atoms. The maximum atomic E-state index is 13.0. The smallest absolute Gasteiger partial charge is 0.256 e. The van der Waals surface area contributed by atoms with E-state index >= 15 is 0 Å². The number of nitrogens with zero attached hydrogens (tertiary/aromatic N) is 2. The number of hydrogen-bond acceptors (Lipinski definition) is 5. The van der Waals surface area contributed by atoms with Gasteiger partial charge in [-0.05, 0) is 49.3 Å². The lowest BCUT2D eigenvalue weighted by Crippen LogP contribution is -2.36. The van der Waals surface area contributed by atoms with Crippen LogP contribution in [-0.2, 0) is 6.54 Å². The van der Waals surface area contributed by atoms with Crippen LogP contribution in [0.4, 0.5) is 11.8 Å². The van der Waals surface area contributed by atoms with Crippen LogP contribution in [0.5, 0.6) is 0 Å². The minimum absolute atomic E-state index is 0.0766. The van der Waals surface area contributed by atoms with Crippen LogP contribution in [0.3, 0.4) is 0 Å². The summed E-state index contributed by atoms with van der Waals surface area (Å²) in [6.45, 7) is 1.43. The second kappa shape index (κ2) is 11.5. The Morgan fingerprint density at radius 3 is 2.34 bits per heavy atom. The van der Waals surface area contributed by atoms with E-state index in [1.54, 1.807) is 6.20 Å². The van der Waals surface area contributed by atoms with Gasteiger partial charge in [-0.1, -0.05) is 62.3 Å². The molecule has 1 aromatic heterocycles. The summed E-state index contributed by atoms with van der Waals surface area (Å²) in [5, 5.41) is 10.7. The Labute approximate surface area is 196 Å². The molecule has 1 heterocycles. The van der Waals surface area contributed by atoms with Gasteiger partial charge in [-0.25, -0.2) is 4.98 Å². The number of carbonyl (C=O) groups is 1. The molecule has 3 N–H and O–H groups in total. The fraction of sp³-hybridized carbons (Fsp3) is 0.560. The molecule has 2 fully saturated rings. The Balaban J connectivity index is 1.45. The van der Waals surface area contributed by atoms with E-state index in [-0.39, 0.29) is 11.9 Å². The minimum atomic E-state index is -0.0766. The van der Waals surface area contributed by atoms with Crippen molar-refractivity contribution in [3.8, 4) is 0 Å². The first kappa shape index (κ1) is 22.8. The van der Waals surface area contributed by atoms with Crippen LogP contribution in [-0.4, -0.2) is 28.5 Å². The first-order valence-corrected chi connectivity index (χ1v) is 12.5. The van der Waals surface area contributed by atoms with E-state index in [0.29, 0.717) is 34.8 Å². The van der Waals surface area contributed by atoms with Crippen LogP contribution < -0.4 is 16.0 Å². The molecule has 0 spiro atoms. The normalized spacial score (nSPS) is 17.7. The highest BCUT2D eigenvalue weighted by Crippen LogP contribution is 2.25. The Morgan fingerprint density at radius 1 is 0.938 bits per heavy atom. The van der Waals surface area contributed by atoms with Gasteiger partial charge in [0, 0.05) is 30.4 Å². The van der Waals surface area contributed by atoms with Gasteiger partial charge in [0.2, 0.25) is 5.95 Å². The number of halogens is 1. The Bertz CT molecular complexity index is 876. The number of hydrogen-bond donors (Lipinski definition) is 3. The lowest BCUT2D eigenvalue weighted by atomic mass is 9.89. The number of amides is 1. The van der Waals surface area contributed by atoms with Crippen LogP contribution in [0.1, 0.15) is 80.1 Å². The molecular weight excluding hydrogens is 422 g/mol. The summed E-state index contributed by atoms with van der Waals surface area (Å²) in [4.78, 5) is 22.2. The standard InChI is InChI=1S/C25H34ClN5O/c26-20-13-11-19(12-14-20)16-28-25-29-17-22(24(32)30-21-9-5-2-6-10-21)23(31-25)27-15-18-7-3-1-4-8-18/h11-14,17-18,21H,1-10,15-16H2,(H,30,32)(H2,27,28,29,31). The van der Waals surface area contributed by atoms with Crippen molar-refractivity contribution >= 4 is 29.3 Å². The number of nitrogens with one attached hydrogen (secondary N) is 3. The predicted octanol–water partition coefficient (Wildman–Crippen LogP) is 5.80. The van der Waals surface area contributed by atoms with Crippen molar-refractivity contribution in [2.24, 2.45) is 5.92 Å². The van der Waals surface area contributed by atoms with Crippen molar-refractivity contribution in [3.05, 3.63) is 46.6 Å². The molecule has 2 aromatic rings. The van der Waals surface area contributed by atoms with Gasteiger partial charge in [-0.2, -0.15) is 4.98 Å². The van der Waals surface area contributed by atoms with E-state index in [1.165, 1.54) is 51.4 Å². The molecule has 0 aliphatic heterocycles. The average molecular weight is 456 g/mol. The maximum Gasteiger partial charge on any atom is 0.256 e. The predicted molar refractivity (Wildman–Crippen MR) is 130 cm³/mol. The van der Waals surface area contributed by atoms with Crippen molar-refractivity contribution in [1.29, 1.82) is 0 Å². The second-order valence-electron chi connectivity index (χ2n) is 9.13. The molecule has 0 unspecified atom stereocenters. The van der Waals surface area contributed by atoms with Gasteiger partial charge < -0.3 is 16.0 Å². The molecule has 2 saturated carbocycles. The van der Waals surface area contributed by atoms with Crippen LogP contribution in [0.15, 0.2) is 30.5 Å². The molecule has 172 valence electrons. The first-order chi connectivity index (χ1) is 15.7. The molecule has 1 amide bonds. The van der Waals surface area contributed by atoms with Crippen molar-refractivity contribution < 1.29 is 4.79 Å². The lowest BCUT2D eigenvalue weighted by molar-refractivity contribution is 0.0928. The SMILES string of the molecule is O=C(NC1CCCCC1)c1cnc(NCc2ccc(Cl)cc2)nc1NCC1CCCCC1. The van der Waals surface area contributed by atoms with Crippen LogP contribution >= 0.6 is 11.6 Å². The summed E-state index contributed by atoms with van der Waals surface area (Å²) >= 11 is 5.97. The summed E-state index contributed by atoms with van der Waals surface area (Å²) < 4.78 is 0. The largest absolute Gasteiger partial charge is 0.369 e. The van der Waals surface area contributed by atoms with Gasteiger partial charge in [0.25, 0.3) is 5.91 Å². The average Bonchev–Trinajstić information content (AvgIpc) is 2.83. The topological polar surface area (TPSA) is 78.9 Å². The highest BCUT2D eigenvalue weighted by Gasteiger charge is 2.21. The molecule has 4 rings (SSSR count). The van der Waals surface area contributed by atoms with Gasteiger partial charge in [0.05, 0.1) is 0 Å². The van der Waals surface area contributed by atoms with Gasteiger partial charge in [0.1, 0.15) is 11.4 Å². The molecule has 1 aromatic carbocycles. The Hall–Kier alpha value is -2.34. The van der Waals surface area contributed by atoms with Crippen LogP contribution in [0.2, 0.25) is 5.02 Å². The minimum Gasteiger partial charge on any atom is -0.369 e. The lowest BCUT2D eigenvalue weighted by Gasteiger charge is -2.24. The van der Waals surface area contributed by atoms with E-state index in [1.807, 2.05) is 24.3 Å². The molecule has 0 radical (unpaired) electrons. The van der Waals surface area contributed by atoms with E-state index in [0.717, 1.165) is 24.9 Å². The molecule has 0 atom stereocenters. The highest BCUT2D eigenvalue weighted by atomic mass is 35.5. The van der Waals surface area contributed by atoms with Crippen molar-refractivity contribution in [2.75, 3.05) is 17.2 Å². The zero-order chi connectivity index (χ0) is 22.2. The second-order valence-corrected chi connectivity index (χ2v) is 9.57. The van der Waals surface area contributed by atoms with Crippen molar-refractivity contribution in [3.63, 3.8) is 0 Å². The van der Waals surface area contributed by atoms with Crippen LogP contribution in [0, 0.1) is 5.92 Å². The number of anilines is 2. The fourth-order valence-electron chi connectivity index (χ4n) is 4.69. The monoisotopic (exact) mass is 455 g/mol. The molecule has 32 heavy (non-hydrogen) atoms. The van der Waals surface area contributed by atoms with E-state index in [9.17, 15) is 4.79 Å². The van der Waals surface area contributed by atoms with Gasteiger partial charge in [-0.15, -0.1) is 0 Å². The number of carbonyl (C=O) groups excluding carboxylic acids is 1. The molecule has 2 aliphatic rings. The van der Waals surface area contributed by atoms with Gasteiger partial charge >= 0.3 is 0 Å². The molecule has 6 nitrogen and oxygen atoms in total. The zero-order valence-corrected chi connectivity index (χ0v) is 19.5. The van der Waals surface area contributed by atoms with Gasteiger partial charge in [0.15, 0.2) is 0 Å². The summed E-state index contributed by atoms with van der Waals surface area (Å²) in [5.41, 5.74) is 1.62. The summed E-state index contributed by atoms with van der Waals surface area (Å²) in [6.07, 6.45) is 13.8.